The van der Waals surface area contributed by atoms with Crippen molar-refractivity contribution in [3.63, 3.8) is 0 Å². The molecule has 0 aliphatic rings. The Labute approximate surface area is 185 Å². The summed E-state index contributed by atoms with van der Waals surface area (Å²) in [7, 11) is 1.65. The van der Waals surface area contributed by atoms with E-state index in [4.69, 9.17) is 4.74 Å². The SMILES string of the molecule is COc1cccc(Cn2nc(C)c(NC(=O)C(C)Cn3nc(C)c(Br)c3C)c2C)c1. The molecule has 2 aromatic heterocycles. The first-order valence-corrected chi connectivity index (χ1v) is 10.7. The van der Waals surface area contributed by atoms with Gasteiger partial charge in [-0.05, 0) is 61.3 Å². The number of hydrogen-bond acceptors (Lipinski definition) is 4. The molecule has 8 heteroatoms. The molecule has 1 amide bonds. The van der Waals surface area contributed by atoms with E-state index in [0.717, 1.165) is 44.2 Å². The van der Waals surface area contributed by atoms with Crippen molar-refractivity contribution < 1.29 is 9.53 Å². The first-order valence-electron chi connectivity index (χ1n) is 9.88. The van der Waals surface area contributed by atoms with Crippen LogP contribution in [-0.4, -0.2) is 32.6 Å². The van der Waals surface area contributed by atoms with Crippen molar-refractivity contribution in [2.75, 3.05) is 12.4 Å². The first kappa shape index (κ1) is 22.1. The fourth-order valence-corrected chi connectivity index (χ4v) is 3.70. The van der Waals surface area contributed by atoms with Crippen LogP contribution < -0.4 is 10.1 Å². The van der Waals surface area contributed by atoms with Gasteiger partial charge in [-0.15, -0.1) is 0 Å². The minimum absolute atomic E-state index is 0.0502. The Morgan fingerprint density at radius 1 is 1.13 bits per heavy atom. The molecule has 0 saturated carbocycles. The highest BCUT2D eigenvalue weighted by molar-refractivity contribution is 9.10. The van der Waals surface area contributed by atoms with Crippen LogP contribution in [0.5, 0.6) is 5.75 Å². The van der Waals surface area contributed by atoms with Crippen LogP contribution in [0.3, 0.4) is 0 Å². The van der Waals surface area contributed by atoms with Crippen LogP contribution >= 0.6 is 15.9 Å². The number of aryl methyl sites for hydroxylation is 2. The molecule has 0 aliphatic heterocycles. The number of carbonyl (C=O) groups is 1. The molecular formula is C22H28BrN5O2. The average molecular weight is 474 g/mol. The summed E-state index contributed by atoms with van der Waals surface area (Å²) in [6.07, 6.45) is 0. The number of anilines is 1. The second-order valence-electron chi connectivity index (χ2n) is 7.61. The molecule has 1 unspecified atom stereocenters. The molecule has 0 radical (unpaired) electrons. The van der Waals surface area contributed by atoms with Crippen LogP contribution in [0.1, 0.15) is 35.3 Å². The highest BCUT2D eigenvalue weighted by Gasteiger charge is 2.20. The smallest absolute Gasteiger partial charge is 0.229 e. The number of ether oxygens (including phenoxy) is 1. The van der Waals surface area contributed by atoms with E-state index in [1.54, 1.807) is 7.11 Å². The van der Waals surface area contributed by atoms with E-state index >= 15 is 0 Å². The molecule has 1 aromatic carbocycles. The van der Waals surface area contributed by atoms with Gasteiger partial charge in [-0.25, -0.2) is 0 Å². The molecule has 3 rings (SSSR count). The third kappa shape index (κ3) is 4.59. The molecule has 0 spiro atoms. The Morgan fingerprint density at radius 2 is 1.83 bits per heavy atom. The molecule has 160 valence electrons. The van der Waals surface area contributed by atoms with Gasteiger partial charge >= 0.3 is 0 Å². The molecule has 7 nitrogen and oxygen atoms in total. The second kappa shape index (κ2) is 9.04. The lowest BCUT2D eigenvalue weighted by molar-refractivity contribution is -0.119. The summed E-state index contributed by atoms with van der Waals surface area (Å²) in [6.45, 7) is 10.8. The van der Waals surface area contributed by atoms with Gasteiger partial charge in [0.25, 0.3) is 0 Å². The quantitative estimate of drug-likeness (QED) is 0.551. The number of aromatic nitrogens is 4. The molecule has 3 aromatic rings. The normalized spacial score (nSPS) is 12.1. The largest absolute Gasteiger partial charge is 0.497 e. The minimum atomic E-state index is -0.240. The Morgan fingerprint density at radius 3 is 2.47 bits per heavy atom. The molecular weight excluding hydrogens is 446 g/mol. The van der Waals surface area contributed by atoms with Crippen molar-refractivity contribution >= 4 is 27.5 Å². The lowest BCUT2D eigenvalue weighted by Crippen LogP contribution is -2.25. The topological polar surface area (TPSA) is 74.0 Å². The molecule has 0 aliphatic carbocycles. The molecule has 1 N–H and O–H groups in total. The Hall–Kier alpha value is -2.61. The average Bonchev–Trinajstić information content (AvgIpc) is 3.12. The van der Waals surface area contributed by atoms with Crippen LogP contribution in [0.25, 0.3) is 0 Å². The Balaban J connectivity index is 1.73. The minimum Gasteiger partial charge on any atom is -0.497 e. The zero-order valence-electron chi connectivity index (χ0n) is 18.3. The number of amides is 1. The maximum atomic E-state index is 12.9. The van der Waals surface area contributed by atoms with Crippen LogP contribution in [0, 0.1) is 33.6 Å². The van der Waals surface area contributed by atoms with Gasteiger partial charge in [0.05, 0.1) is 53.4 Å². The highest BCUT2D eigenvalue weighted by Crippen LogP contribution is 2.24. The zero-order valence-corrected chi connectivity index (χ0v) is 19.9. The van der Waals surface area contributed by atoms with Crippen molar-refractivity contribution in [3.8, 4) is 5.75 Å². The van der Waals surface area contributed by atoms with Crippen molar-refractivity contribution in [1.29, 1.82) is 0 Å². The van der Waals surface area contributed by atoms with Gasteiger partial charge < -0.3 is 10.1 Å². The Kier molecular flexibility index (Phi) is 6.65. The number of carbonyl (C=O) groups excluding carboxylic acids is 1. The lowest BCUT2D eigenvalue weighted by Gasteiger charge is -2.14. The summed E-state index contributed by atoms with van der Waals surface area (Å²) >= 11 is 3.54. The van der Waals surface area contributed by atoms with E-state index < -0.39 is 0 Å². The van der Waals surface area contributed by atoms with Gasteiger partial charge in [0, 0.05) is 5.69 Å². The molecule has 1 atom stereocenters. The predicted molar refractivity (Wildman–Crippen MR) is 121 cm³/mol. The summed E-state index contributed by atoms with van der Waals surface area (Å²) in [5.41, 5.74) is 5.51. The van der Waals surface area contributed by atoms with Gasteiger partial charge in [-0.2, -0.15) is 10.2 Å². The molecule has 2 heterocycles. The number of methoxy groups -OCH3 is 1. The fourth-order valence-electron chi connectivity index (χ4n) is 3.42. The van der Waals surface area contributed by atoms with Gasteiger partial charge in [-0.1, -0.05) is 19.1 Å². The van der Waals surface area contributed by atoms with Crippen LogP contribution in [0.15, 0.2) is 28.7 Å². The molecule has 0 bridgehead atoms. The fraction of sp³-hybridized carbons (Fsp3) is 0.409. The number of halogens is 1. The van der Waals surface area contributed by atoms with E-state index in [9.17, 15) is 4.79 Å². The van der Waals surface area contributed by atoms with Gasteiger partial charge in [0.2, 0.25) is 5.91 Å². The third-order valence-electron chi connectivity index (χ3n) is 5.28. The Bertz CT molecular complexity index is 1070. The van der Waals surface area contributed by atoms with Crippen molar-refractivity contribution in [2.45, 2.75) is 47.7 Å². The van der Waals surface area contributed by atoms with Crippen LogP contribution in [-0.2, 0) is 17.9 Å². The number of rotatable bonds is 7. The van der Waals surface area contributed by atoms with Crippen LogP contribution in [0.2, 0.25) is 0 Å². The van der Waals surface area contributed by atoms with Gasteiger partial charge in [0.1, 0.15) is 5.75 Å². The maximum absolute atomic E-state index is 12.9. The number of hydrogen-bond donors (Lipinski definition) is 1. The maximum Gasteiger partial charge on any atom is 0.229 e. The summed E-state index contributed by atoms with van der Waals surface area (Å²) in [5.74, 6) is 0.522. The monoisotopic (exact) mass is 473 g/mol. The van der Waals surface area contributed by atoms with Crippen molar-refractivity contribution in [2.24, 2.45) is 5.92 Å². The summed E-state index contributed by atoms with van der Waals surface area (Å²) in [6, 6.07) is 7.90. The van der Waals surface area contributed by atoms with E-state index in [2.05, 4.69) is 31.4 Å². The van der Waals surface area contributed by atoms with Gasteiger partial charge in [0.15, 0.2) is 0 Å². The van der Waals surface area contributed by atoms with Gasteiger partial charge in [-0.3, -0.25) is 14.2 Å². The zero-order chi connectivity index (χ0) is 22.0. The highest BCUT2D eigenvalue weighted by atomic mass is 79.9. The number of nitrogens with zero attached hydrogens (tertiary/aromatic N) is 4. The second-order valence-corrected chi connectivity index (χ2v) is 8.41. The van der Waals surface area contributed by atoms with E-state index in [1.807, 2.05) is 68.2 Å². The standard InChI is InChI=1S/C22H28BrN5O2/c1-13(11-27-16(4)20(23)14(2)25-27)22(29)24-21-15(3)26-28(17(21)5)12-18-8-7-9-19(10-18)30-6/h7-10,13H,11-12H2,1-6H3,(H,24,29). The van der Waals surface area contributed by atoms with Crippen molar-refractivity contribution in [3.05, 3.63) is 57.1 Å². The lowest BCUT2D eigenvalue weighted by atomic mass is 10.1. The number of benzene rings is 1. The van der Waals surface area contributed by atoms with Crippen molar-refractivity contribution in [1.82, 2.24) is 19.6 Å². The predicted octanol–water partition coefficient (Wildman–Crippen LogP) is 4.41. The summed E-state index contributed by atoms with van der Waals surface area (Å²) in [4.78, 5) is 12.9. The first-order chi connectivity index (χ1) is 14.2. The van der Waals surface area contributed by atoms with Crippen LogP contribution in [0.4, 0.5) is 5.69 Å². The summed E-state index contributed by atoms with van der Waals surface area (Å²) < 4.78 is 10.1. The van der Waals surface area contributed by atoms with E-state index in [1.165, 1.54) is 0 Å². The number of nitrogens with one attached hydrogen (secondary N) is 1. The third-order valence-corrected chi connectivity index (χ3v) is 6.43. The van der Waals surface area contributed by atoms with E-state index in [0.29, 0.717) is 13.1 Å². The molecule has 30 heavy (non-hydrogen) atoms. The molecule has 0 fully saturated rings. The summed E-state index contributed by atoms with van der Waals surface area (Å²) in [5, 5.41) is 12.2. The van der Waals surface area contributed by atoms with E-state index in [-0.39, 0.29) is 11.8 Å². The molecule has 0 saturated heterocycles.